The van der Waals surface area contributed by atoms with Crippen molar-refractivity contribution in [2.45, 2.75) is 18.9 Å². The summed E-state index contributed by atoms with van der Waals surface area (Å²) in [4.78, 5) is 33.7. The maximum absolute atomic E-state index is 13.2. The van der Waals surface area contributed by atoms with Gasteiger partial charge in [0.15, 0.2) is 0 Å². The van der Waals surface area contributed by atoms with Crippen LogP contribution < -0.4 is 4.90 Å². The largest absolute Gasteiger partial charge is 0.370 e. The van der Waals surface area contributed by atoms with Crippen molar-refractivity contribution in [3.05, 3.63) is 71.3 Å². The number of amides is 2. The van der Waals surface area contributed by atoms with Crippen molar-refractivity contribution in [3.8, 4) is 0 Å². The van der Waals surface area contributed by atoms with Crippen LogP contribution in [0.3, 0.4) is 0 Å². The molecule has 0 aliphatic carbocycles. The molecule has 2 aliphatic rings. The zero-order chi connectivity index (χ0) is 20.8. The van der Waals surface area contributed by atoms with E-state index in [1.807, 2.05) is 48.5 Å². The van der Waals surface area contributed by atoms with Crippen LogP contribution >= 0.6 is 0 Å². The molecule has 0 radical (unpaired) electrons. The summed E-state index contributed by atoms with van der Waals surface area (Å²) in [5, 5.41) is 0. The first kappa shape index (κ1) is 20.4. The minimum absolute atomic E-state index is 0.204. The van der Waals surface area contributed by atoms with E-state index in [1.54, 1.807) is 17.2 Å². The molecule has 0 spiro atoms. The summed E-state index contributed by atoms with van der Waals surface area (Å²) >= 11 is 0. The fourth-order valence-corrected chi connectivity index (χ4v) is 4.08. The van der Waals surface area contributed by atoms with Crippen LogP contribution in [0.4, 0.5) is 0 Å². The highest BCUT2D eigenvalue weighted by Crippen LogP contribution is 2.29. The monoisotopic (exact) mass is 406 g/mol. The van der Waals surface area contributed by atoms with Gasteiger partial charge in [0.05, 0.1) is 32.2 Å². The lowest BCUT2D eigenvalue weighted by molar-refractivity contribution is -0.908. The van der Waals surface area contributed by atoms with Gasteiger partial charge in [-0.2, -0.15) is 0 Å². The molecule has 1 atom stereocenters. The minimum Gasteiger partial charge on any atom is -0.370 e. The second-order valence-corrected chi connectivity index (χ2v) is 7.80. The highest BCUT2D eigenvalue weighted by atomic mass is 16.5. The molecule has 1 saturated heterocycles. The molecule has 1 N–H and O–H groups in total. The molecule has 2 aromatic carbocycles. The Morgan fingerprint density at radius 2 is 1.77 bits per heavy atom. The van der Waals surface area contributed by atoms with Crippen LogP contribution in [0.2, 0.25) is 0 Å². The molecular formula is C24H28N3O3+. The van der Waals surface area contributed by atoms with Crippen molar-refractivity contribution in [2.75, 3.05) is 39.4 Å². The third-order valence-corrected chi connectivity index (χ3v) is 5.76. The predicted octanol–water partition coefficient (Wildman–Crippen LogP) is 1.33. The Bertz CT molecular complexity index is 907. The van der Waals surface area contributed by atoms with Gasteiger partial charge in [0.2, 0.25) is 5.91 Å². The van der Waals surface area contributed by atoms with E-state index in [4.69, 9.17) is 4.74 Å². The molecule has 6 heteroatoms. The first-order chi connectivity index (χ1) is 14.7. The smallest absolute Gasteiger partial charge is 0.261 e. The number of aliphatic imine (C=N–C) groups is 1. The highest BCUT2D eigenvalue weighted by Gasteiger charge is 2.37. The number of nitrogens with zero attached hydrogens (tertiary/aromatic N) is 2. The number of nitrogens with one attached hydrogen (secondary N) is 1. The van der Waals surface area contributed by atoms with E-state index in [-0.39, 0.29) is 18.4 Å². The van der Waals surface area contributed by atoms with Gasteiger partial charge >= 0.3 is 0 Å². The quantitative estimate of drug-likeness (QED) is 0.429. The molecule has 1 fully saturated rings. The second-order valence-electron chi connectivity index (χ2n) is 7.80. The average molecular weight is 407 g/mol. The number of fused-ring (bicyclic) bond motifs is 1. The Kier molecular flexibility index (Phi) is 6.67. The van der Waals surface area contributed by atoms with Crippen molar-refractivity contribution in [1.82, 2.24) is 4.90 Å². The molecule has 30 heavy (non-hydrogen) atoms. The summed E-state index contributed by atoms with van der Waals surface area (Å²) in [6, 6.07) is 17.0. The fraction of sp³-hybridized carbons (Fsp3) is 0.375. The van der Waals surface area contributed by atoms with Gasteiger partial charge in [-0.25, -0.2) is 0 Å². The molecule has 2 aromatic rings. The Balaban J connectivity index is 1.45. The minimum atomic E-state index is -0.515. The molecule has 2 heterocycles. The first-order valence-electron chi connectivity index (χ1n) is 10.6. The lowest BCUT2D eigenvalue weighted by atomic mass is 9.89. The van der Waals surface area contributed by atoms with E-state index >= 15 is 0 Å². The maximum atomic E-state index is 13.2. The molecule has 4 rings (SSSR count). The lowest BCUT2D eigenvalue weighted by Gasteiger charge is -2.31. The van der Waals surface area contributed by atoms with Crippen molar-refractivity contribution in [3.63, 3.8) is 0 Å². The predicted molar refractivity (Wildman–Crippen MR) is 115 cm³/mol. The van der Waals surface area contributed by atoms with E-state index in [9.17, 15) is 9.59 Å². The number of rotatable bonds is 7. The van der Waals surface area contributed by atoms with Gasteiger partial charge in [-0.15, -0.1) is 0 Å². The molecule has 2 aliphatic heterocycles. The molecule has 156 valence electrons. The number of carbonyl (C=O) groups is 2. The molecule has 2 amide bonds. The summed E-state index contributed by atoms with van der Waals surface area (Å²) in [6.45, 7) is 5.78. The third-order valence-electron chi connectivity index (χ3n) is 5.76. The van der Waals surface area contributed by atoms with E-state index in [1.165, 1.54) is 4.90 Å². The van der Waals surface area contributed by atoms with Crippen molar-refractivity contribution in [2.24, 2.45) is 4.99 Å². The number of ether oxygens (including phenoxy) is 1. The summed E-state index contributed by atoms with van der Waals surface area (Å²) in [7, 11) is 0. The van der Waals surface area contributed by atoms with Crippen LogP contribution in [0.1, 0.15) is 33.8 Å². The molecule has 6 nitrogen and oxygen atoms in total. The molecule has 0 unspecified atom stereocenters. The van der Waals surface area contributed by atoms with Crippen molar-refractivity contribution >= 4 is 18.0 Å². The SMILES string of the molecule is O=C1c2ccccc2[C@H](C=NCCC[NH+]2CCOCC2)C(=O)N1Cc1ccccc1. The fourth-order valence-electron chi connectivity index (χ4n) is 4.08. The van der Waals surface area contributed by atoms with Crippen molar-refractivity contribution in [1.29, 1.82) is 0 Å². The number of carbonyl (C=O) groups excluding carboxylic acids is 2. The normalized spacial score (nSPS) is 20.0. The van der Waals surface area contributed by atoms with Gasteiger partial charge in [-0.1, -0.05) is 48.5 Å². The summed E-state index contributed by atoms with van der Waals surface area (Å²) in [6.07, 6.45) is 2.71. The van der Waals surface area contributed by atoms with Crippen LogP contribution in [0, 0.1) is 0 Å². The molecule has 0 saturated carbocycles. The number of quaternary nitrogens is 1. The van der Waals surface area contributed by atoms with Gasteiger partial charge in [-0.3, -0.25) is 19.5 Å². The second kappa shape index (κ2) is 9.78. The van der Waals surface area contributed by atoms with Gasteiger partial charge in [0.25, 0.3) is 5.91 Å². The third kappa shape index (κ3) is 4.66. The number of hydrogen-bond acceptors (Lipinski definition) is 4. The Hall–Kier alpha value is -2.83. The number of benzene rings is 2. The van der Waals surface area contributed by atoms with Crippen molar-refractivity contribution < 1.29 is 19.2 Å². The zero-order valence-electron chi connectivity index (χ0n) is 17.1. The maximum Gasteiger partial charge on any atom is 0.261 e. The summed E-state index contributed by atoms with van der Waals surface area (Å²) in [5.41, 5.74) is 2.27. The van der Waals surface area contributed by atoms with Crippen LogP contribution in [-0.2, 0) is 16.1 Å². The average Bonchev–Trinajstić information content (AvgIpc) is 2.80. The molecular weight excluding hydrogens is 378 g/mol. The molecule has 0 bridgehead atoms. The lowest BCUT2D eigenvalue weighted by Crippen LogP contribution is -3.14. The Morgan fingerprint density at radius 3 is 2.57 bits per heavy atom. The van der Waals surface area contributed by atoms with E-state index in [0.29, 0.717) is 12.1 Å². The van der Waals surface area contributed by atoms with E-state index < -0.39 is 5.92 Å². The standard InChI is InChI=1S/C24H27N3O3/c28-23-21-10-5-4-9-20(21)22(17-25-11-6-12-26-13-15-30-16-14-26)24(29)27(23)18-19-7-2-1-3-8-19/h1-5,7-10,17,22H,6,11-16,18H2/p+1/t22-/m0/s1. The first-order valence-corrected chi connectivity index (χ1v) is 10.6. The number of imide groups is 1. The Labute approximate surface area is 177 Å². The van der Waals surface area contributed by atoms with Gasteiger partial charge in [0.1, 0.15) is 13.1 Å². The highest BCUT2D eigenvalue weighted by molar-refractivity contribution is 6.16. The van der Waals surface area contributed by atoms with Crippen LogP contribution in [0.15, 0.2) is 59.6 Å². The van der Waals surface area contributed by atoms with E-state index in [2.05, 4.69) is 4.99 Å². The van der Waals surface area contributed by atoms with Crippen LogP contribution in [-0.4, -0.2) is 62.3 Å². The topological polar surface area (TPSA) is 63.4 Å². The van der Waals surface area contributed by atoms with Crippen LogP contribution in [0.5, 0.6) is 0 Å². The van der Waals surface area contributed by atoms with E-state index in [0.717, 1.165) is 50.4 Å². The summed E-state index contributed by atoms with van der Waals surface area (Å²) in [5.74, 6) is -0.955. The van der Waals surface area contributed by atoms with Gasteiger partial charge in [-0.05, 0) is 17.2 Å². The molecule has 0 aromatic heterocycles. The number of morpholine rings is 1. The zero-order valence-corrected chi connectivity index (χ0v) is 17.1. The summed E-state index contributed by atoms with van der Waals surface area (Å²) < 4.78 is 5.39. The number of hydrogen-bond donors (Lipinski definition) is 1. The van der Waals surface area contributed by atoms with Gasteiger partial charge in [0, 0.05) is 24.7 Å². The van der Waals surface area contributed by atoms with Crippen LogP contribution in [0.25, 0.3) is 0 Å². The Morgan fingerprint density at radius 1 is 1.03 bits per heavy atom. The van der Waals surface area contributed by atoms with Gasteiger partial charge < -0.3 is 9.64 Å².